The van der Waals surface area contributed by atoms with Crippen molar-refractivity contribution >= 4 is 17.7 Å². The van der Waals surface area contributed by atoms with Crippen molar-refractivity contribution in [1.82, 2.24) is 9.88 Å². The zero-order valence-electron chi connectivity index (χ0n) is 16.4. The number of benzene rings is 1. The van der Waals surface area contributed by atoms with E-state index in [1.165, 1.54) is 4.90 Å². The number of rotatable bonds is 1. The number of ether oxygens (including phenoxy) is 1. The number of likely N-dealkylation sites (N-methyl/N-ethyl adjacent to an activating group) is 1. The number of nitrogens with zero attached hydrogens (tertiary/aromatic N) is 3. The van der Waals surface area contributed by atoms with Gasteiger partial charge in [-0.05, 0) is 51.0 Å². The lowest BCUT2D eigenvalue weighted by Gasteiger charge is -2.27. The van der Waals surface area contributed by atoms with Gasteiger partial charge in [0.2, 0.25) is 5.91 Å². The van der Waals surface area contributed by atoms with Crippen LogP contribution in [0.25, 0.3) is 11.1 Å². The molecule has 2 heterocycles. The van der Waals surface area contributed by atoms with Gasteiger partial charge in [-0.1, -0.05) is 18.2 Å². The average molecular weight is 367 g/mol. The first-order valence-electron chi connectivity index (χ1n) is 8.95. The molecule has 1 aliphatic heterocycles. The molecule has 27 heavy (non-hydrogen) atoms. The van der Waals surface area contributed by atoms with E-state index in [4.69, 9.17) is 4.74 Å². The van der Waals surface area contributed by atoms with Crippen LogP contribution >= 0.6 is 0 Å². The summed E-state index contributed by atoms with van der Waals surface area (Å²) in [6, 6.07) is 9.78. The molecule has 0 spiro atoms. The number of amides is 2. The maximum atomic E-state index is 12.8. The molecule has 0 radical (unpaired) electrons. The van der Waals surface area contributed by atoms with Crippen LogP contribution in [0.3, 0.4) is 0 Å². The molecular weight excluding hydrogens is 342 g/mol. The third-order valence-corrected chi connectivity index (χ3v) is 4.43. The molecule has 0 aliphatic carbocycles. The molecular formula is C21H25N3O3. The lowest BCUT2D eigenvalue weighted by Crippen LogP contribution is -2.41. The molecule has 0 fully saturated rings. The van der Waals surface area contributed by atoms with Gasteiger partial charge in [0.15, 0.2) is 0 Å². The SMILES string of the molecule is Cc1ncccc1-c1ccc2c(c1)N(C(=O)OC(C)(C)C)CC(=O)N(C)C2. The highest BCUT2D eigenvalue weighted by atomic mass is 16.6. The third kappa shape index (κ3) is 4.10. The monoisotopic (exact) mass is 367 g/mol. The molecule has 6 nitrogen and oxygen atoms in total. The van der Waals surface area contributed by atoms with E-state index in [1.807, 2.05) is 58.0 Å². The van der Waals surface area contributed by atoms with Crippen molar-refractivity contribution in [2.45, 2.75) is 39.8 Å². The van der Waals surface area contributed by atoms with Gasteiger partial charge in [-0.25, -0.2) is 4.79 Å². The summed E-state index contributed by atoms with van der Waals surface area (Å²) in [5.74, 6) is -0.129. The highest BCUT2D eigenvalue weighted by Crippen LogP contribution is 2.32. The smallest absolute Gasteiger partial charge is 0.415 e. The molecule has 0 atom stereocenters. The molecule has 0 N–H and O–H groups in total. The number of hydrogen-bond donors (Lipinski definition) is 0. The Balaban J connectivity index is 2.09. The minimum absolute atomic E-state index is 0.0477. The zero-order valence-corrected chi connectivity index (χ0v) is 16.4. The van der Waals surface area contributed by atoms with Crippen molar-refractivity contribution in [2.24, 2.45) is 0 Å². The van der Waals surface area contributed by atoms with E-state index in [2.05, 4.69) is 4.98 Å². The number of fused-ring (bicyclic) bond motifs is 1. The summed E-state index contributed by atoms with van der Waals surface area (Å²) in [4.78, 5) is 32.7. The first kappa shape index (κ1) is 18.9. The quantitative estimate of drug-likeness (QED) is 0.770. The van der Waals surface area contributed by atoms with Crippen LogP contribution in [-0.4, -0.2) is 41.1 Å². The minimum atomic E-state index is -0.643. The maximum Gasteiger partial charge on any atom is 0.415 e. The van der Waals surface area contributed by atoms with Crippen LogP contribution in [0, 0.1) is 6.92 Å². The average Bonchev–Trinajstić information content (AvgIpc) is 2.70. The van der Waals surface area contributed by atoms with Gasteiger partial charge in [0, 0.05) is 31.0 Å². The highest BCUT2D eigenvalue weighted by molar-refractivity contribution is 5.97. The molecule has 2 aromatic rings. The van der Waals surface area contributed by atoms with Gasteiger partial charge in [-0.15, -0.1) is 0 Å². The van der Waals surface area contributed by atoms with Crippen LogP contribution in [-0.2, 0) is 16.1 Å². The summed E-state index contributed by atoms with van der Waals surface area (Å²) in [6.45, 7) is 7.78. The molecule has 0 saturated heterocycles. The number of hydrogen-bond acceptors (Lipinski definition) is 4. The van der Waals surface area contributed by atoms with Crippen molar-refractivity contribution < 1.29 is 14.3 Å². The van der Waals surface area contributed by atoms with Crippen molar-refractivity contribution in [3.05, 3.63) is 47.8 Å². The molecule has 142 valence electrons. The van der Waals surface area contributed by atoms with E-state index in [1.54, 1.807) is 18.1 Å². The number of anilines is 1. The molecule has 0 unspecified atom stereocenters. The Bertz CT molecular complexity index is 886. The molecule has 1 aromatic heterocycles. The van der Waals surface area contributed by atoms with Gasteiger partial charge in [0.05, 0.1) is 5.69 Å². The minimum Gasteiger partial charge on any atom is -0.443 e. The highest BCUT2D eigenvalue weighted by Gasteiger charge is 2.31. The Hall–Kier alpha value is -2.89. The van der Waals surface area contributed by atoms with Gasteiger partial charge >= 0.3 is 6.09 Å². The molecule has 3 rings (SSSR count). The Kier molecular flexibility index (Phi) is 4.91. The van der Waals surface area contributed by atoms with Crippen molar-refractivity contribution in [3.63, 3.8) is 0 Å². The first-order valence-corrected chi connectivity index (χ1v) is 8.95. The summed E-state index contributed by atoms with van der Waals surface area (Å²) in [6.07, 6.45) is 1.23. The lowest BCUT2D eigenvalue weighted by molar-refractivity contribution is -0.128. The second kappa shape index (κ2) is 7.02. The number of carbonyl (C=O) groups is 2. The van der Waals surface area contributed by atoms with Crippen LogP contribution in [0.1, 0.15) is 32.0 Å². The Labute approximate surface area is 159 Å². The third-order valence-electron chi connectivity index (χ3n) is 4.43. The summed E-state index contributed by atoms with van der Waals surface area (Å²) in [5, 5.41) is 0. The standard InChI is InChI=1S/C21H25N3O3/c1-14-17(7-6-10-22-14)15-8-9-16-12-23(5)19(25)13-24(18(16)11-15)20(26)27-21(2,3)4/h6-11H,12-13H2,1-5H3. The summed E-state index contributed by atoms with van der Waals surface area (Å²) in [5.41, 5.74) is 3.80. The second-order valence-corrected chi connectivity index (χ2v) is 7.80. The number of aryl methyl sites for hydroxylation is 1. The van der Waals surface area contributed by atoms with Crippen LogP contribution in [0.15, 0.2) is 36.5 Å². The van der Waals surface area contributed by atoms with E-state index in [0.717, 1.165) is 22.4 Å². The zero-order chi connectivity index (χ0) is 19.8. The maximum absolute atomic E-state index is 12.8. The Morgan fingerprint density at radius 3 is 2.59 bits per heavy atom. The van der Waals surface area contributed by atoms with Crippen LogP contribution < -0.4 is 4.90 Å². The summed E-state index contributed by atoms with van der Waals surface area (Å²) < 4.78 is 5.55. The summed E-state index contributed by atoms with van der Waals surface area (Å²) in [7, 11) is 1.74. The van der Waals surface area contributed by atoms with Crippen LogP contribution in [0.2, 0.25) is 0 Å². The Morgan fingerprint density at radius 2 is 1.93 bits per heavy atom. The van der Waals surface area contributed by atoms with Gasteiger partial charge in [0.25, 0.3) is 0 Å². The van der Waals surface area contributed by atoms with Gasteiger partial charge < -0.3 is 9.64 Å². The predicted molar refractivity (Wildman–Crippen MR) is 104 cm³/mol. The van der Waals surface area contributed by atoms with E-state index in [0.29, 0.717) is 12.2 Å². The fourth-order valence-electron chi connectivity index (χ4n) is 3.07. The molecule has 0 saturated carbocycles. The van der Waals surface area contributed by atoms with Crippen molar-refractivity contribution in [2.75, 3.05) is 18.5 Å². The largest absolute Gasteiger partial charge is 0.443 e. The van der Waals surface area contributed by atoms with Gasteiger partial charge in [0.1, 0.15) is 12.1 Å². The van der Waals surface area contributed by atoms with Crippen LogP contribution in [0.5, 0.6) is 0 Å². The molecule has 6 heteroatoms. The molecule has 2 amide bonds. The summed E-state index contributed by atoms with van der Waals surface area (Å²) >= 11 is 0. The fourth-order valence-corrected chi connectivity index (χ4v) is 3.07. The number of aromatic nitrogens is 1. The topological polar surface area (TPSA) is 62.7 Å². The molecule has 1 aliphatic rings. The Morgan fingerprint density at radius 1 is 1.19 bits per heavy atom. The van der Waals surface area contributed by atoms with Gasteiger partial charge in [-0.3, -0.25) is 14.7 Å². The van der Waals surface area contributed by atoms with Gasteiger partial charge in [-0.2, -0.15) is 0 Å². The normalized spacial score (nSPS) is 14.6. The van der Waals surface area contributed by atoms with E-state index in [9.17, 15) is 9.59 Å². The first-order chi connectivity index (χ1) is 12.7. The van der Waals surface area contributed by atoms with E-state index < -0.39 is 11.7 Å². The second-order valence-electron chi connectivity index (χ2n) is 7.80. The predicted octanol–water partition coefficient (Wildman–Crippen LogP) is 3.77. The molecule has 1 aromatic carbocycles. The lowest BCUT2D eigenvalue weighted by atomic mass is 10.0. The van der Waals surface area contributed by atoms with Crippen molar-refractivity contribution in [3.8, 4) is 11.1 Å². The number of carbonyl (C=O) groups excluding carboxylic acids is 2. The molecule has 0 bridgehead atoms. The van der Waals surface area contributed by atoms with E-state index in [-0.39, 0.29) is 12.5 Å². The van der Waals surface area contributed by atoms with E-state index >= 15 is 0 Å². The fraction of sp³-hybridized carbons (Fsp3) is 0.381. The van der Waals surface area contributed by atoms with Crippen LogP contribution in [0.4, 0.5) is 10.5 Å². The number of pyridine rings is 1. The van der Waals surface area contributed by atoms with Crippen molar-refractivity contribution in [1.29, 1.82) is 0 Å².